The predicted molar refractivity (Wildman–Crippen MR) is 17.0 cm³/mol. The van der Waals surface area contributed by atoms with Crippen molar-refractivity contribution in [2.45, 2.75) is 6.36 Å². The molecule has 0 aliphatic heterocycles. The summed E-state index contributed by atoms with van der Waals surface area (Å²) in [7, 11) is 0. The van der Waals surface area contributed by atoms with Crippen molar-refractivity contribution in [2.75, 3.05) is 6.61 Å². The summed E-state index contributed by atoms with van der Waals surface area (Å²) in [6.45, 7) is -1.45. The van der Waals surface area contributed by atoms with Crippen molar-refractivity contribution >= 4 is 5.97 Å². The summed E-state index contributed by atoms with van der Waals surface area (Å²) in [6, 6.07) is 0. The Morgan fingerprint density at radius 1 is 1.56 bits per heavy atom. The molecule has 0 aromatic carbocycles. The fourth-order valence-electron chi connectivity index (χ4n) is 0.141. The topological polar surface area (TPSA) is 49.4 Å². The number of alkyl halides is 3. The molecule has 0 radical (unpaired) electrons. The van der Waals surface area contributed by atoms with E-state index in [0.717, 1.165) is 0 Å². The first-order valence-corrected chi connectivity index (χ1v) is 1.82. The largest absolute Gasteiger partial charge is 0.548 e. The first-order valence-electron chi connectivity index (χ1n) is 1.82. The third kappa shape index (κ3) is 7.22. The highest BCUT2D eigenvalue weighted by molar-refractivity contribution is 5.65. The maximum absolute atomic E-state index is 10.9. The Morgan fingerprint density at radius 3 is 2.11 bits per heavy atom. The average Bonchev–Trinajstić information content (AvgIpc) is 1.59. The summed E-state index contributed by atoms with van der Waals surface area (Å²) in [5.41, 5.74) is 0. The van der Waals surface area contributed by atoms with Gasteiger partial charge in [0.25, 0.3) is 0 Å². The van der Waals surface area contributed by atoms with Crippen LogP contribution in [0.2, 0.25) is 0 Å². The van der Waals surface area contributed by atoms with Gasteiger partial charge in [-0.15, -0.1) is 13.2 Å². The maximum atomic E-state index is 10.9. The molecule has 0 saturated carbocycles. The molecule has 0 fully saturated rings. The van der Waals surface area contributed by atoms with E-state index in [1.54, 1.807) is 0 Å². The zero-order valence-electron chi connectivity index (χ0n) is 4.07. The summed E-state index contributed by atoms with van der Waals surface area (Å²) in [5.74, 6) is -1.90. The van der Waals surface area contributed by atoms with Crippen LogP contribution in [0.4, 0.5) is 13.2 Å². The molecule has 9 heavy (non-hydrogen) atoms. The lowest BCUT2D eigenvalue weighted by atomic mass is 10.7. The minimum Gasteiger partial charge on any atom is -0.548 e. The van der Waals surface area contributed by atoms with Crippen molar-refractivity contribution in [1.29, 1.82) is 0 Å². The highest BCUT2D eigenvalue weighted by atomic mass is 19.4. The van der Waals surface area contributed by atoms with Crippen LogP contribution in [0.15, 0.2) is 0 Å². The Hall–Kier alpha value is -0.780. The van der Waals surface area contributed by atoms with Gasteiger partial charge in [0.1, 0.15) is 0 Å². The van der Waals surface area contributed by atoms with Crippen LogP contribution in [0.5, 0.6) is 0 Å². The fraction of sp³-hybridized carbons (Fsp3) is 0.667. The Labute approximate surface area is 48.0 Å². The molecular weight excluding hydrogens is 141 g/mol. The number of carboxylic acids is 1. The molecule has 0 aromatic heterocycles. The number of carbonyl (C=O) groups is 1. The van der Waals surface area contributed by atoms with Gasteiger partial charge in [0, 0.05) is 0 Å². The molecule has 3 nitrogen and oxygen atoms in total. The third-order valence-corrected chi connectivity index (χ3v) is 0.354. The molecule has 0 rings (SSSR count). The van der Waals surface area contributed by atoms with Crippen molar-refractivity contribution < 1.29 is 27.8 Å². The highest BCUT2D eigenvalue weighted by Gasteiger charge is 2.28. The quantitative estimate of drug-likeness (QED) is 0.512. The second kappa shape index (κ2) is 2.67. The molecule has 0 bridgehead atoms. The molecule has 0 aliphatic rings. The fourth-order valence-corrected chi connectivity index (χ4v) is 0.141. The first-order chi connectivity index (χ1) is 3.92. The van der Waals surface area contributed by atoms with Gasteiger partial charge in [0.2, 0.25) is 0 Å². The lowest BCUT2D eigenvalue weighted by molar-refractivity contribution is -0.350. The molecule has 0 saturated heterocycles. The second-order valence-electron chi connectivity index (χ2n) is 1.11. The summed E-state index contributed by atoms with van der Waals surface area (Å²) >= 11 is 0. The smallest absolute Gasteiger partial charge is 0.522 e. The number of ether oxygens (including phenoxy) is 1. The number of hydrogen-bond donors (Lipinski definition) is 0. The lowest BCUT2D eigenvalue weighted by Gasteiger charge is -2.06. The van der Waals surface area contributed by atoms with Gasteiger partial charge >= 0.3 is 6.36 Å². The van der Waals surface area contributed by atoms with E-state index in [1.807, 2.05) is 0 Å². The van der Waals surface area contributed by atoms with Crippen LogP contribution in [0.3, 0.4) is 0 Å². The Kier molecular flexibility index (Phi) is 2.44. The number of aliphatic carboxylic acids is 1. The molecule has 6 heteroatoms. The molecule has 54 valence electrons. The Balaban J connectivity index is 3.39. The minimum absolute atomic E-state index is 1.45. The predicted octanol–water partition coefficient (Wildman–Crippen LogP) is -0.727. The highest BCUT2D eigenvalue weighted by Crippen LogP contribution is 2.14. The van der Waals surface area contributed by atoms with Crippen molar-refractivity contribution in [1.82, 2.24) is 0 Å². The van der Waals surface area contributed by atoms with Crippen molar-refractivity contribution in [3.05, 3.63) is 0 Å². The number of halogens is 3. The number of carboxylic acid groups (broad SMARTS) is 1. The molecule has 0 amide bonds. The molecule has 0 aromatic rings. The summed E-state index contributed by atoms with van der Waals surface area (Å²) in [5, 5.41) is 9.31. The van der Waals surface area contributed by atoms with E-state index in [4.69, 9.17) is 0 Å². The number of hydrogen-bond acceptors (Lipinski definition) is 3. The maximum Gasteiger partial charge on any atom is 0.522 e. The van der Waals surface area contributed by atoms with E-state index in [0.29, 0.717) is 0 Å². The zero-order valence-corrected chi connectivity index (χ0v) is 4.07. The average molecular weight is 143 g/mol. The molecule has 0 aliphatic carbocycles. The first kappa shape index (κ1) is 8.22. The molecule has 0 spiro atoms. The summed E-state index contributed by atoms with van der Waals surface area (Å²) < 4.78 is 35.5. The lowest BCUT2D eigenvalue weighted by Crippen LogP contribution is -2.30. The number of carbonyl (C=O) groups excluding carboxylic acids is 1. The Bertz CT molecular complexity index is 107. The molecule has 0 heterocycles. The van der Waals surface area contributed by atoms with Crippen LogP contribution in [0, 0.1) is 0 Å². The van der Waals surface area contributed by atoms with Crippen LogP contribution in [0.25, 0.3) is 0 Å². The molecule has 0 N–H and O–H groups in total. The third-order valence-electron chi connectivity index (χ3n) is 0.354. The zero-order chi connectivity index (χ0) is 7.49. The van der Waals surface area contributed by atoms with Crippen molar-refractivity contribution in [3.63, 3.8) is 0 Å². The van der Waals surface area contributed by atoms with E-state index in [2.05, 4.69) is 4.74 Å². The van der Waals surface area contributed by atoms with Gasteiger partial charge < -0.3 is 9.90 Å². The Morgan fingerprint density at radius 2 is 2.00 bits per heavy atom. The molecule has 0 atom stereocenters. The van der Waals surface area contributed by atoms with Gasteiger partial charge in [-0.3, -0.25) is 4.74 Å². The van der Waals surface area contributed by atoms with Crippen LogP contribution < -0.4 is 5.11 Å². The van der Waals surface area contributed by atoms with E-state index < -0.39 is 18.9 Å². The monoisotopic (exact) mass is 143 g/mol. The van der Waals surface area contributed by atoms with Gasteiger partial charge in [-0.1, -0.05) is 0 Å². The second-order valence-corrected chi connectivity index (χ2v) is 1.11. The van der Waals surface area contributed by atoms with Gasteiger partial charge in [-0.2, -0.15) is 0 Å². The van der Waals surface area contributed by atoms with Crippen LogP contribution in [-0.2, 0) is 9.53 Å². The van der Waals surface area contributed by atoms with Crippen LogP contribution >= 0.6 is 0 Å². The van der Waals surface area contributed by atoms with Crippen LogP contribution in [-0.4, -0.2) is 18.9 Å². The number of rotatable bonds is 2. The van der Waals surface area contributed by atoms with Gasteiger partial charge in [0.05, 0.1) is 12.6 Å². The van der Waals surface area contributed by atoms with Gasteiger partial charge in [-0.25, -0.2) is 0 Å². The summed E-state index contributed by atoms with van der Waals surface area (Å²) in [4.78, 5) is 9.31. The molecular formula is C3H2F3O3-. The summed E-state index contributed by atoms with van der Waals surface area (Å²) in [6.07, 6.45) is -4.89. The van der Waals surface area contributed by atoms with Crippen molar-refractivity contribution in [2.24, 2.45) is 0 Å². The standard InChI is InChI=1S/C3H3F3O3/c4-3(5,6)9-1-2(7)8/h1H2,(H,7,8)/p-1. The SMILES string of the molecule is O=C([O-])COC(F)(F)F. The van der Waals surface area contributed by atoms with Gasteiger partial charge in [-0.05, 0) is 0 Å². The van der Waals surface area contributed by atoms with Crippen LogP contribution in [0.1, 0.15) is 0 Å². The van der Waals surface area contributed by atoms with E-state index in [-0.39, 0.29) is 0 Å². The molecule has 0 unspecified atom stereocenters. The van der Waals surface area contributed by atoms with E-state index >= 15 is 0 Å². The normalized spacial score (nSPS) is 11.4. The van der Waals surface area contributed by atoms with E-state index in [9.17, 15) is 23.1 Å². The van der Waals surface area contributed by atoms with Gasteiger partial charge in [0.15, 0.2) is 0 Å². The minimum atomic E-state index is -4.89. The van der Waals surface area contributed by atoms with Crippen molar-refractivity contribution in [3.8, 4) is 0 Å². The van der Waals surface area contributed by atoms with E-state index in [1.165, 1.54) is 0 Å².